The zero-order valence-corrected chi connectivity index (χ0v) is 11.7. The van der Waals surface area contributed by atoms with E-state index in [-0.39, 0.29) is 12.1 Å². The Hall–Kier alpha value is -2.01. The van der Waals surface area contributed by atoms with Crippen LogP contribution in [0.1, 0.15) is 18.8 Å². The number of nitrogens with zero attached hydrogens (tertiary/aromatic N) is 2. The van der Waals surface area contributed by atoms with Crippen molar-refractivity contribution in [2.24, 2.45) is 0 Å². The smallest absolute Gasteiger partial charge is 0.161 e. The van der Waals surface area contributed by atoms with E-state index >= 15 is 0 Å². The molecule has 0 bridgehead atoms. The van der Waals surface area contributed by atoms with Gasteiger partial charge in [0.2, 0.25) is 0 Å². The molecule has 5 heteroatoms. The lowest BCUT2D eigenvalue weighted by Crippen LogP contribution is -2.41. The lowest BCUT2D eigenvalue weighted by atomic mass is 10.1. The summed E-state index contributed by atoms with van der Waals surface area (Å²) in [6.07, 6.45) is 3.71. The van der Waals surface area contributed by atoms with E-state index in [0.29, 0.717) is 6.61 Å². The molecule has 106 valence electrons. The van der Waals surface area contributed by atoms with E-state index in [4.69, 9.17) is 9.47 Å². The molecule has 2 unspecified atom stereocenters. The van der Waals surface area contributed by atoms with Gasteiger partial charge >= 0.3 is 0 Å². The van der Waals surface area contributed by atoms with Gasteiger partial charge in [-0.15, -0.1) is 0 Å². The molecular formula is C15H19N3O2. The van der Waals surface area contributed by atoms with Crippen molar-refractivity contribution in [2.45, 2.75) is 25.6 Å². The molecule has 0 aliphatic carbocycles. The van der Waals surface area contributed by atoms with Gasteiger partial charge in [-0.1, -0.05) is 12.1 Å². The third kappa shape index (κ3) is 2.25. The minimum atomic E-state index is -0.0948. The van der Waals surface area contributed by atoms with Gasteiger partial charge in [0.25, 0.3) is 0 Å². The highest BCUT2D eigenvalue weighted by molar-refractivity contribution is 5.41. The minimum absolute atomic E-state index is 0.00157. The Labute approximate surface area is 118 Å². The van der Waals surface area contributed by atoms with Crippen molar-refractivity contribution < 1.29 is 9.47 Å². The third-order valence-electron chi connectivity index (χ3n) is 3.58. The number of rotatable bonds is 4. The van der Waals surface area contributed by atoms with Crippen LogP contribution in [-0.4, -0.2) is 29.3 Å². The molecule has 1 aromatic heterocycles. The fraction of sp³-hybridized carbons (Fsp3) is 0.400. The quantitative estimate of drug-likeness (QED) is 0.925. The third-order valence-corrected chi connectivity index (χ3v) is 3.58. The van der Waals surface area contributed by atoms with Crippen molar-refractivity contribution >= 4 is 0 Å². The summed E-state index contributed by atoms with van der Waals surface area (Å²) in [4.78, 5) is 4.45. The molecule has 1 aliphatic heterocycles. The predicted octanol–water partition coefficient (Wildman–Crippen LogP) is 2.00. The van der Waals surface area contributed by atoms with Crippen LogP contribution in [0.15, 0.2) is 36.7 Å². The van der Waals surface area contributed by atoms with Gasteiger partial charge in [-0.05, 0) is 26.1 Å². The highest BCUT2D eigenvalue weighted by atomic mass is 16.6. The second-order valence-electron chi connectivity index (χ2n) is 4.75. The van der Waals surface area contributed by atoms with Gasteiger partial charge in [0, 0.05) is 18.9 Å². The van der Waals surface area contributed by atoms with Crippen molar-refractivity contribution in [3.8, 4) is 11.5 Å². The van der Waals surface area contributed by atoms with Crippen LogP contribution in [0.2, 0.25) is 0 Å². The molecule has 2 aromatic rings. The summed E-state index contributed by atoms with van der Waals surface area (Å²) in [5, 5.41) is 3.29. The fourth-order valence-electron chi connectivity index (χ4n) is 2.55. The first-order valence-electron chi connectivity index (χ1n) is 6.90. The summed E-state index contributed by atoms with van der Waals surface area (Å²) in [6, 6.07) is 7.75. The topological polar surface area (TPSA) is 48.3 Å². The lowest BCUT2D eigenvalue weighted by Gasteiger charge is -2.31. The van der Waals surface area contributed by atoms with E-state index in [1.165, 1.54) is 0 Å². The molecular weight excluding hydrogens is 254 g/mol. The fourth-order valence-corrected chi connectivity index (χ4v) is 2.55. The van der Waals surface area contributed by atoms with Crippen molar-refractivity contribution in [1.82, 2.24) is 14.9 Å². The van der Waals surface area contributed by atoms with E-state index < -0.39 is 0 Å². The summed E-state index contributed by atoms with van der Waals surface area (Å²) in [5.41, 5.74) is 0. The number of likely N-dealkylation sites (N-methyl/N-ethyl adjacent to an activating group) is 1. The Morgan fingerprint density at radius 1 is 1.40 bits per heavy atom. The van der Waals surface area contributed by atoms with Crippen LogP contribution in [0.25, 0.3) is 0 Å². The molecule has 0 saturated heterocycles. The Morgan fingerprint density at radius 2 is 2.20 bits per heavy atom. The Morgan fingerprint density at radius 3 is 2.95 bits per heavy atom. The summed E-state index contributed by atoms with van der Waals surface area (Å²) >= 11 is 0. The molecule has 5 nitrogen and oxygen atoms in total. The number of para-hydroxylation sites is 2. The molecule has 0 amide bonds. The highest BCUT2D eigenvalue weighted by Crippen LogP contribution is 2.33. The maximum Gasteiger partial charge on any atom is 0.161 e. The van der Waals surface area contributed by atoms with Crippen molar-refractivity contribution in [3.05, 3.63) is 42.5 Å². The van der Waals surface area contributed by atoms with Gasteiger partial charge in [0.15, 0.2) is 17.6 Å². The zero-order chi connectivity index (χ0) is 13.9. The van der Waals surface area contributed by atoms with E-state index in [1.807, 2.05) is 43.7 Å². The van der Waals surface area contributed by atoms with Gasteiger partial charge in [-0.25, -0.2) is 4.98 Å². The summed E-state index contributed by atoms with van der Waals surface area (Å²) in [5.74, 6) is 2.57. The summed E-state index contributed by atoms with van der Waals surface area (Å²) < 4.78 is 14.0. The first kappa shape index (κ1) is 13.0. The number of aryl methyl sites for hydroxylation is 1. The molecule has 1 aromatic carbocycles. The summed E-state index contributed by atoms with van der Waals surface area (Å²) in [7, 11) is 1.92. The van der Waals surface area contributed by atoms with Gasteiger partial charge in [0.05, 0.1) is 0 Å². The van der Waals surface area contributed by atoms with Crippen LogP contribution in [0, 0.1) is 0 Å². The lowest BCUT2D eigenvalue weighted by molar-refractivity contribution is 0.0605. The number of benzene rings is 1. The molecule has 20 heavy (non-hydrogen) atoms. The van der Waals surface area contributed by atoms with E-state index in [2.05, 4.69) is 21.8 Å². The van der Waals surface area contributed by atoms with Crippen LogP contribution in [0.3, 0.4) is 0 Å². The molecule has 3 rings (SSSR count). The van der Waals surface area contributed by atoms with Crippen LogP contribution >= 0.6 is 0 Å². The van der Waals surface area contributed by atoms with E-state index in [9.17, 15) is 0 Å². The molecule has 0 fully saturated rings. The monoisotopic (exact) mass is 273 g/mol. The Kier molecular flexibility index (Phi) is 3.60. The van der Waals surface area contributed by atoms with Crippen LogP contribution in [0.4, 0.5) is 0 Å². The number of fused-ring (bicyclic) bond motifs is 1. The number of nitrogens with one attached hydrogen (secondary N) is 1. The molecule has 2 atom stereocenters. The van der Waals surface area contributed by atoms with Crippen molar-refractivity contribution in [2.75, 3.05) is 13.7 Å². The normalized spacial score (nSPS) is 18.8. The van der Waals surface area contributed by atoms with Gasteiger partial charge < -0.3 is 19.4 Å². The number of hydrogen-bond donors (Lipinski definition) is 1. The number of aromatic nitrogens is 2. The maximum absolute atomic E-state index is 6.07. The van der Waals surface area contributed by atoms with Crippen molar-refractivity contribution in [3.63, 3.8) is 0 Å². The Balaban J connectivity index is 1.85. The van der Waals surface area contributed by atoms with E-state index in [1.54, 1.807) is 0 Å². The van der Waals surface area contributed by atoms with E-state index in [0.717, 1.165) is 23.9 Å². The number of hydrogen-bond acceptors (Lipinski definition) is 4. The number of ether oxygens (including phenoxy) is 2. The average molecular weight is 273 g/mol. The molecule has 0 saturated carbocycles. The van der Waals surface area contributed by atoms with Gasteiger partial charge in [-0.3, -0.25) is 0 Å². The van der Waals surface area contributed by atoms with Crippen LogP contribution in [-0.2, 0) is 6.54 Å². The molecule has 1 aliphatic rings. The molecule has 0 spiro atoms. The largest absolute Gasteiger partial charge is 0.486 e. The van der Waals surface area contributed by atoms with Gasteiger partial charge in [0.1, 0.15) is 18.5 Å². The first-order chi connectivity index (χ1) is 9.83. The zero-order valence-electron chi connectivity index (χ0n) is 11.7. The standard InChI is InChI=1S/C15H19N3O2/c1-3-18-9-8-17-15(18)14(16-2)13-10-19-11-6-4-5-7-12(11)20-13/h4-9,13-14,16H,3,10H2,1-2H3. The summed E-state index contributed by atoms with van der Waals surface area (Å²) in [6.45, 7) is 3.50. The second kappa shape index (κ2) is 5.54. The minimum Gasteiger partial charge on any atom is -0.486 e. The van der Waals surface area contributed by atoms with Crippen LogP contribution in [0.5, 0.6) is 11.5 Å². The predicted molar refractivity (Wildman–Crippen MR) is 76.1 cm³/mol. The highest BCUT2D eigenvalue weighted by Gasteiger charge is 2.31. The number of imidazole rings is 1. The van der Waals surface area contributed by atoms with Gasteiger partial charge in [-0.2, -0.15) is 0 Å². The van der Waals surface area contributed by atoms with Crippen molar-refractivity contribution in [1.29, 1.82) is 0 Å². The average Bonchev–Trinajstić information content (AvgIpc) is 2.96. The maximum atomic E-state index is 6.07. The Bertz CT molecular complexity index is 582. The first-order valence-corrected chi connectivity index (χ1v) is 6.90. The SMILES string of the molecule is CCn1ccnc1C(NC)C1COc2ccccc2O1. The second-order valence-corrected chi connectivity index (χ2v) is 4.75. The molecule has 1 N–H and O–H groups in total. The molecule has 0 radical (unpaired) electrons. The van der Waals surface area contributed by atoms with Crippen LogP contribution < -0.4 is 14.8 Å². The molecule has 2 heterocycles.